The van der Waals surface area contributed by atoms with Crippen molar-refractivity contribution in [3.8, 4) is 11.4 Å². The smallest absolute Gasteiger partial charge is 0.195 e. The molecule has 3 aromatic carbocycles. The summed E-state index contributed by atoms with van der Waals surface area (Å²) in [6.07, 6.45) is 3.56. The van der Waals surface area contributed by atoms with Crippen molar-refractivity contribution in [2.45, 2.75) is 35.7 Å². The summed E-state index contributed by atoms with van der Waals surface area (Å²) in [5.74, 6) is 1.64. The lowest BCUT2D eigenvalue weighted by Gasteiger charge is -2.10. The molecule has 0 saturated carbocycles. The van der Waals surface area contributed by atoms with E-state index >= 15 is 0 Å². The molecule has 0 atom stereocenters. The van der Waals surface area contributed by atoms with Crippen molar-refractivity contribution in [1.29, 1.82) is 0 Å². The normalized spacial score (nSPS) is 11.1. The highest BCUT2D eigenvalue weighted by Gasteiger charge is 2.11. The number of hydrogen-bond donors (Lipinski definition) is 0. The molecule has 0 bridgehead atoms. The molecule has 6 nitrogen and oxygen atoms in total. The van der Waals surface area contributed by atoms with Crippen LogP contribution < -0.4 is 0 Å². The predicted molar refractivity (Wildman–Crippen MR) is 138 cm³/mol. The maximum absolute atomic E-state index is 4.34. The van der Waals surface area contributed by atoms with Gasteiger partial charge in [-0.1, -0.05) is 84.2 Å². The van der Waals surface area contributed by atoms with Gasteiger partial charge in [0.1, 0.15) is 12.7 Å². The zero-order valence-corrected chi connectivity index (χ0v) is 20.6. The second kappa shape index (κ2) is 10.3. The highest BCUT2D eigenvalue weighted by atomic mass is 32.2. The van der Waals surface area contributed by atoms with Crippen LogP contribution in [0.15, 0.2) is 95.8 Å². The number of thioether (sulfide) groups is 2. The van der Waals surface area contributed by atoms with Crippen LogP contribution in [-0.4, -0.2) is 29.5 Å². The Labute approximate surface area is 207 Å². The molecule has 0 N–H and O–H groups in total. The van der Waals surface area contributed by atoms with Gasteiger partial charge in [-0.15, -0.1) is 20.4 Å². The number of aromatic nitrogens is 6. The quantitative estimate of drug-likeness (QED) is 0.250. The van der Waals surface area contributed by atoms with E-state index in [1.54, 1.807) is 36.2 Å². The van der Waals surface area contributed by atoms with Crippen LogP contribution in [0.4, 0.5) is 0 Å². The van der Waals surface area contributed by atoms with Crippen molar-refractivity contribution in [2.75, 3.05) is 0 Å². The van der Waals surface area contributed by atoms with Gasteiger partial charge in [0.15, 0.2) is 10.3 Å². The van der Waals surface area contributed by atoms with Crippen LogP contribution in [-0.2, 0) is 11.5 Å². The minimum Gasteiger partial charge on any atom is -0.276 e. The summed E-state index contributed by atoms with van der Waals surface area (Å²) in [6.45, 7) is 4.20. The summed E-state index contributed by atoms with van der Waals surface area (Å²) in [5.41, 5.74) is 7.12. The predicted octanol–water partition coefficient (Wildman–Crippen LogP) is 6.05. The molecule has 8 heteroatoms. The number of rotatable bonds is 8. The third-order valence-electron chi connectivity index (χ3n) is 5.51. The standard InChI is InChI=1S/C26H24N6S2/c1-19-8-3-5-12-23(19)31-17-27-29-25(31)33-15-21-10-7-11-22(14-21)16-34-26-30-28-18-32(26)24-13-6-4-9-20(24)2/h3-14,17-18H,15-16H2,1-2H3. The molecule has 0 aliphatic carbocycles. The van der Waals surface area contributed by atoms with E-state index < -0.39 is 0 Å². The third-order valence-corrected chi connectivity index (χ3v) is 7.54. The largest absolute Gasteiger partial charge is 0.276 e. The van der Waals surface area contributed by atoms with E-state index in [0.29, 0.717) is 0 Å². The van der Waals surface area contributed by atoms with Gasteiger partial charge in [-0.2, -0.15) is 0 Å². The van der Waals surface area contributed by atoms with Crippen molar-refractivity contribution in [1.82, 2.24) is 29.5 Å². The maximum atomic E-state index is 4.34. The van der Waals surface area contributed by atoms with Gasteiger partial charge in [-0.25, -0.2) is 0 Å². The average molecular weight is 485 g/mol. The first-order valence-electron chi connectivity index (χ1n) is 10.9. The van der Waals surface area contributed by atoms with E-state index in [4.69, 9.17) is 0 Å². The molecule has 5 aromatic rings. The molecule has 0 radical (unpaired) electrons. The Morgan fingerprint density at radius 3 is 1.56 bits per heavy atom. The zero-order valence-electron chi connectivity index (χ0n) is 19.0. The fourth-order valence-electron chi connectivity index (χ4n) is 3.75. The third kappa shape index (κ3) is 4.93. The number of benzene rings is 3. The lowest BCUT2D eigenvalue weighted by molar-refractivity contribution is 0.877. The van der Waals surface area contributed by atoms with Crippen LogP contribution in [0.1, 0.15) is 22.3 Å². The SMILES string of the molecule is Cc1ccccc1-n1cnnc1SCc1cccc(CSc2nncn2-c2ccccc2C)c1. The first-order valence-corrected chi connectivity index (χ1v) is 12.9. The molecule has 170 valence electrons. The molecular formula is C26H24N6S2. The summed E-state index contributed by atoms with van der Waals surface area (Å²) in [4.78, 5) is 0. The van der Waals surface area contributed by atoms with Gasteiger partial charge >= 0.3 is 0 Å². The maximum Gasteiger partial charge on any atom is 0.195 e. The summed E-state index contributed by atoms with van der Waals surface area (Å²) in [5, 5.41) is 18.7. The lowest BCUT2D eigenvalue weighted by Crippen LogP contribution is -1.98. The van der Waals surface area contributed by atoms with Gasteiger partial charge in [0, 0.05) is 11.5 Å². The molecule has 2 heterocycles. The molecule has 0 saturated heterocycles. The Balaban J connectivity index is 1.26. The molecule has 0 spiro atoms. The van der Waals surface area contributed by atoms with Crippen molar-refractivity contribution in [3.63, 3.8) is 0 Å². The van der Waals surface area contributed by atoms with E-state index in [-0.39, 0.29) is 0 Å². The minimum atomic E-state index is 0.822. The summed E-state index contributed by atoms with van der Waals surface area (Å²) < 4.78 is 4.11. The Bertz CT molecular complexity index is 1300. The molecular weight excluding hydrogens is 460 g/mol. The molecule has 0 unspecified atom stereocenters. The molecule has 5 rings (SSSR count). The number of aryl methyl sites for hydroxylation is 2. The van der Waals surface area contributed by atoms with Gasteiger partial charge in [0.25, 0.3) is 0 Å². The van der Waals surface area contributed by atoms with Gasteiger partial charge in [0.2, 0.25) is 0 Å². The average Bonchev–Trinajstić information content (AvgIpc) is 3.52. The Hall–Kier alpha value is -3.36. The van der Waals surface area contributed by atoms with Crippen LogP contribution in [0.3, 0.4) is 0 Å². The molecule has 0 aliphatic rings. The molecule has 34 heavy (non-hydrogen) atoms. The van der Waals surface area contributed by atoms with Gasteiger partial charge in [-0.3, -0.25) is 9.13 Å². The number of nitrogens with zero attached hydrogens (tertiary/aromatic N) is 6. The fourth-order valence-corrected chi connectivity index (χ4v) is 5.48. The van der Waals surface area contributed by atoms with E-state index in [1.165, 1.54) is 22.3 Å². The van der Waals surface area contributed by atoms with Gasteiger partial charge in [0.05, 0.1) is 11.4 Å². The Morgan fingerprint density at radius 2 is 1.09 bits per heavy atom. The monoisotopic (exact) mass is 484 g/mol. The Kier molecular flexibility index (Phi) is 6.78. The van der Waals surface area contributed by atoms with E-state index in [9.17, 15) is 0 Å². The van der Waals surface area contributed by atoms with E-state index in [2.05, 4.69) is 91.9 Å². The first-order chi connectivity index (χ1) is 16.7. The van der Waals surface area contributed by atoms with Gasteiger partial charge < -0.3 is 0 Å². The number of hydrogen-bond acceptors (Lipinski definition) is 6. The van der Waals surface area contributed by atoms with Crippen molar-refractivity contribution >= 4 is 23.5 Å². The second-order valence-corrected chi connectivity index (χ2v) is 9.82. The van der Waals surface area contributed by atoms with Gasteiger partial charge in [-0.05, 0) is 48.2 Å². The van der Waals surface area contributed by atoms with Crippen molar-refractivity contribution in [2.24, 2.45) is 0 Å². The summed E-state index contributed by atoms with van der Waals surface area (Å²) in [6, 6.07) is 25.2. The molecule has 0 aliphatic heterocycles. The molecule has 0 fully saturated rings. The van der Waals surface area contributed by atoms with Crippen LogP contribution >= 0.6 is 23.5 Å². The molecule has 2 aromatic heterocycles. The fraction of sp³-hybridized carbons (Fsp3) is 0.154. The summed E-state index contributed by atoms with van der Waals surface area (Å²) >= 11 is 3.38. The number of para-hydroxylation sites is 2. The first kappa shape index (κ1) is 22.4. The van der Waals surface area contributed by atoms with Crippen molar-refractivity contribution < 1.29 is 0 Å². The van der Waals surface area contributed by atoms with Crippen LogP contribution in [0.5, 0.6) is 0 Å². The van der Waals surface area contributed by atoms with E-state index in [1.807, 2.05) is 24.3 Å². The summed E-state index contributed by atoms with van der Waals surface area (Å²) in [7, 11) is 0. The van der Waals surface area contributed by atoms with E-state index in [0.717, 1.165) is 33.2 Å². The Morgan fingerprint density at radius 1 is 0.618 bits per heavy atom. The topological polar surface area (TPSA) is 61.4 Å². The second-order valence-electron chi connectivity index (χ2n) is 7.94. The van der Waals surface area contributed by atoms with Crippen molar-refractivity contribution in [3.05, 3.63) is 108 Å². The highest BCUT2D eigenvalue weighted by Crippen LogP contribution is 2.28. The van der Waals surface area contributed by atoms with Crippen LogP contribution in [0.25, 0.3) is 11.4 Å². The minimum absolute atomic E-state index is 0.822. The molecule has 0 amide bonds. The zero-order chi connectivity index (χ0) is 23.3. The van der Waals surface area contributed by atoms with Crippen LogP contribution in [0.2, 0.25) is 0 Å². The van der Waals surface area contributed by atoms with Crippen LogP contribution in [0, 0.1) is 13.8 Å². The lowest BCUT2D eigenvalue weighted by atomic mass is 10.2. The highest BCUT2D eigenvalue weighted by molar-refractivity contribution is 7.98.